The number of ether oxygens (including phenoxy) is 1. The first kappa shape index (κ1) is 16.5. The van der Waals surface area contributed by atoms with Gasteiger partial charge >= 0.3 is 0 Å². The van der Waals surface area contributed by atoms with Crippen LogP contribution in [-0.4, -0.2) is 18.4 Å². The minimum absolute atomic E-state index is 0.153. The van der Waals surface area contributed by atoms with E-state index in [-0.39, 0.29) is 12.5 Å². The molecule has 1 aliphatic carbocycles. The molecule has 24 heavy (non-hydrogen) atoms. The lowest BCUT2D eigenvalue weighted by molar-refractivity contribution is -0.123. The second-order valence-corrected chi connectivity index (χ2v) is 6.50. The van der Waals surface area contributed by atoms with E-state index >= 15 is 0 Å². The number of benzene rings is 2. The number of amides is 2. The first-order chi connectivity index (χ1) is 11.6. The van der Waals surface area contributed by atoms with Crippen molar-refractivity contribution in [3.8, 4) is 5.75 Å². The average molecular weight is 389 g/mol. The number of hydrogen-bond donors (Lipinski definition) is 2. The summed E-state index contributed by atoms with van der Waals surface area (Å²) in [4.78, 5) is 23.7. The third kappa shape index (κ3) is 4.14. The summed E-state index contributed by atoms with van der Waals surface area (Å²) in [5, 5.41) is 0. The van der Waals surface area contributed by atoms with Crippen molar-refractivity contribution >= 4 is 27.7 Å². The Kier molecular flexibility index (Phi) is 5.15. The van der Waals surface area contributed by atoms with Crippen LogP contribution in [0.3, 0.4) is 0 Å². The molecule has 0 atom stereocenters. The number of rotatable bonds is 4. The highest BCUT2D eigenvalue weighted by Gasteiger charge is 2.12. The van der Waals surface area contributed by atoms with Crippen LogP contribution in [0.5, 0.6) is 5.75 Å². The standard InChI is InChI=1S/C18H17BrN2O3/c19-15-7-4-13(5-8-15)18(23)21-20-17(22)11-24-16-9-6-12-2-1-3-14(12)10-16/h4-10H,1-3,11H2,(H,20,22)(H,21,23). The van der Waals surface area contributed by atoms with Crippen LogP contribution < -0.4 is 15.6 Å². The molecule has 0 heterocycles. The van der Waals surface area contributed by atoms with Crippen LogP contribution >= 0.6 is 15.9 Å². The Balaban J connectivity index is 1.46. The molecule has 0 aromatic heterocycles. The average Bonchev–Trinajstić information content (AvgIpc) is 3.06. The normalized spacial score (nSPS) is 12.4. The van der Waals surface area contributed by atoms with E-state index in [2.05, 4.69) is 26.8 Å². The highest BCUT2D eigenvalue weighted by atomic mass is 79.9. The molecule has 0 radical (unpaired) electrons. The molecule has 3 rings (SSSR count). The number of aryl methyl sites for hydroxylation is 2. The predicted molar refractivity (Wildman–Crippen MR) is 93.7 cm³/mol. The SMILES string of the molecule is O=C(COc1ccc2c(c1)CCC2)NNC(=O)c1ccc(Br)cc1. The first-order valence-electron chi connectivity index (χ1n) is 7.71. The van der Waals surface area contributed by atoms with Gasteiger partial charge in [0.25, 0.3) is 11.8 Å². The van der Waals surface area contributed by atoms with Gasteiger partial charge in [0, 0.05) is 10.0 Å². The zero-order chi connectivity index (χ0) is 16.9. The lowest BCUT2D eigenvalue weighted by atomic mass is 10.1. The zero-order valence-corrected chi connectivity index (χ0v) is 14.6. The van der Waals surface area contributed by atoms with Crippen LogP contribution in [0.1, 0.15) is 27.9 Å². The van der Waals surface area contributed by atoms with Crippen LogP contribution in [0.2, 0.25) is 0 Å². The number of carbonyl (C=O) groups excluding carboxylic acids is 2. The van der Waals surface area contributed by atoms with Gasteiger partial charge in [-0.2, -0.15) is 0 Å². The van der Waals surface area contributed by atoms with Crippen LogP contribution in [0.15, 0.2) is 46.9 Å². The number of hydrogen-bond acceptors (Lipinski definition) is 3. The molecule has 0 saturated carbocycles. The molecule has 6 heteroatoms. The Morgan fingerprint density at radius 3 is 2.54 bits per heavy atom. The van der Waals surface area contributed by atoms with Gasteiger partial charge in [-0.25, -0.2) is 0 Å². The van der Waals surface area contributed by atoms with Crippen molar-refractivity contribution in [2.24, 2.45) is 0 Å². The Hall–Kier alpha value is -2.34. The van der Waals surface area contributed by atoms with E-state index in [1.54, 1.807) is 24.3 Å². The summed E-state index contributed by atoms with van der Waals surface area (Å²) >= 11 is 3.30. The second kappa shape index (κ2) is 7.49. The van der Waals surface area contributed by atoms with Crippen molar-refractivity contribution in [1.29, 1.82) is 0 Å². The molecular formula is C18H17BrN2O3. The van der Waals surface area contributed by atoms with E-state index in [4.69, 9.17) is 4.74 Å². The van der Waals surface area contributed by atoms with E-state index in [0.29, 0.717) is 11.3 Å². The molecule has 2 aromatic carbocycles. The minimum Gasteiger partial charge on any atom is -0.484 e. The van der Waals surface area contributed by atoms with Gasteiger partial charge in [0.1, 0.15) is 5.75 Å². The number of carbonyl (C=O) groups is 2. The summed E-state index contributed by atoms with van der Waals surface area (Å²) in [6.45, 7) is -0.153. The summed E-state index contributed by atoms with van der Waals surface area (Å²) in [6, 6.07) is 12.7. The number of nitrogens with one attached hydrogen (secondary N) is 2. The van der Waals surface area contributed by atoms with E-state index in [0.717, 1.165) is 17.3 Å². The highest BCUT2D eigenvalue weighted by Crippen LogP contribution is 2.25. The van der Waals surface area contributed by atoms with Gasteiger partial charge in [-0.3, -0.25) is 20.4 Å². The quantitative estimate of drug-likeness (QED) is 0.791. The monoisotopic (exact) mass is 388 g/mol. The van der Waals surface area contributed by atoms with Crippen molar-refractivity contribution in [2.45, 2.75) is 19.3 Å². The molecule has 2 aromatic rings. The van der Waals surface area contributed by atoms with E-state index in [1.165, 1.54) is 17.5 Å². The van der Waals surface area contributed by atoms with Crippen molar-refractivity contribution < 1.29 is 14.3 Å². The molecule has 124 valence electrons. The molecule has 0 unspecified atom stereocenters. The first-order valence-corrected chi connectivity index (χ1v) is 8.50. The number of hydrazine groups is 1. The second-order valence-electron chi connectivity index (χ2n) is 5.58. The van der Waals surface area contributed by atoms with E-state index < -0.39 is 5.91 Å². The van der Waals surface area contributed by atoms with Gasteiger partial charge in [0.05, 0.1) is 0 Å². The fourth-order valence-corrected chi connectivity index (χ4v) is 2.89. The van der Waals surface area contributed by atoms with Crippen LogP contribution in [0.4, 0.5) is 0 Å². The number of fused-ring (bicyclic) bond motifs is 1. The smallest absolute Gasteiger partial charge is 0.276 e. The van der Waals surface area contributed by atoms with Crippen LogP contribution in [0.25, 0.3) is 0 Å². The van der Waals surface area contributed by atoms with Gasteiger partial charge in [0.2, 0.25) is 0 Å². The highest BCUT2D eigenvalue weighted by molar-refractivity contribution is 9.10. The molecule has 2 amide bonds. The van der Waals surface area contributed by atoms with E-state index in [1.807, 2.05) is 18.2 Å². The van der Waals surface area contributed by atoms with Crippen LogP contribution in [0, 0.1) is 0 Å². The summed E-state index contributed by atoms with van der Waals surface area (Å²) in [5.41, 5.74) is 7.81. The summed E-state index contributed by atoms with van der Waals surface area (Å²) in [5.74, 6) is -0.126. The predicted octanol–water partition coefficient (Wildman–Crippen LogP) is 2.78. The molecule has 1 aliphatic rings. The molecular weight excluding hydrogens is 372 g/mol. The van der Waals surface area contributed by atoms with Gasteiger partial charge in [0.15, 0.2) is 6.61 Å². The molecule has 2 N–H and O–H groups in total. The molecule has 0 saturated heterocycles. The summed E-state index contributed by atoms with van der Waals surface area (Å²) in [6.07, 6.45) is 3.33. The van der Waals surface area contributed by atoms with Crippen LogP contribution in [-0.2, 0) is 17.6 Å². The summed E-state index contributed by atoms with van der Waals surface area (Å²) < 4.78 is 6.36. The zero-order valence-electron chi connectivity index (χ0n) is 13.0. The Bertz CT molecular complexity index is 759. The third-order valence-corrected chi connectivity index (χ3v) is 4.39. The number of halogens is 1. The largest absolute Gasteiger partial charge is 0.484 e. The Morgan fingerprint density at radius 1 is 1.00 bits per heavy atom. The molecule has 0 aliphatic heterocycles. The molecule has 5 nitrogen and oxygen atoms in total. The molecule has 0 fully saturated rings. The van der Waals surface area contributed by atoms with E-state index in [9.17, 15) is 9.59 Å². The van der Waals surface area contributed by atoms with Gasteiger partial charge in [-0.05, 0) is 66.8 Å². The molecule has 0 spiro atoms. The Morgan fingerprint density at radius 2 is 1.75 bits per heavy atom. The van der Waals surface area contributed by atoms with Crippen molar-refractivity contribution in [3.63, 3.8) is 0 Å². The van der Waals surface area contributed by atoms with Crippen molar-refractivity contribution in [1.82, 2.24) is 10.9 Å². The minimum atomic E-state index is -0.416. The fourth-order valence-electron chi connectivity index (χ4n) is 2.62. The Labute approximate surface area is 148 Å². The topological polar surface area (TPSA) is 67.4 Å². The third-order valence-electron chi connectivity index (χ3n) is 3.86. The molecule has 0 bridgehead atoms. The van der Waals surface area contributed by atoms with Gasteiger partial charge < -0.3 is 4.74 Å². The fraction of sp³-hybridized carbons (Fsp3) is 0.222. The van der Waals surface area contributed by atoms with Crippen molar-refractivity contribution in [3.05, 3.63) is 63.6 Å². The maximum atomic E-state index is 11.9. The maximum absolute atomic E-state index is 11.9. The summed E-state index contributed by atoms with van der Waals surface area (Å²) in [7, 11) is 0. The lowest BCUT2D eigenvalue weighted by Crippen LogP contribution is -2.43. The lowest BCUT2D eigenvalue weighted by Gasteiger charge is -2.10. The maximum Gasteiger partial charge on any atom is 0.276 e. The van der Waals surface area contributed by atoms with Gasteiger partial charge in [-0.15, -0.1) is 0 Å². The van der Waals surface area contributed by atoms with Crippen molar-refractivity contribution in [2.75, 3.05) is 6.61 Å². The van der Waals surface area contributed by atoms with Gasteiger partial charge in [-0.1, -0.05) is 22.0 Å².